The molecular formula is C11H17N3OS. The Morgan fingerprint density at radius 2 is 2.38 bits per heavy atom. The summed E-state index contributed by atoms with van der Waals surface area (Å²) in [6.45, 7) is 3.17. The standard InChI is InChI=1S/C11H17N3OS/c1-8-6-10(13-11(12-8)16-2)14-5-3-4-9(14)7-15/h6,9,15H,3-5,7H2,1-2H3. The largest absolute Gasteiger partial charge is 0.394 e. The number of aryl methyl sites for hydroxylation is 1. The summed E-state index contributed by atoms with van der Waals surface area (Å²) in [4.78, 5) is 11.0. The Kier molecular flexibility index (Phi) is 3.66. The summed E-state index contributed by atoms with van der Waals surface area (Å²) < 4.78 is 0. The maximum absolute atomic E-state index is 9.30. The van der Waals surface area contributed by atoms with Crippen molar-refractivity contribution in [2.24, 2.45) is 0 Å². The van der Waals surface area contributed by atoms with Gasteiger partial charge in [0.15, 0.2) is 5.16 Å². The van der Waals surface area contributed by atoms with Crippen molar-refractivity contribution in [1.29, 1.82) is 0 Å². The molecule has 1 aromatic heterocycles. The molecule has 0 saturated carbocycles. The van der Waals surface area contributed by atoms with E-state index in [0.717, 1.165) is 36.1 Å². The van der Waals surface area contributed by atoms with Gasteiger partial charge in [0.25, 0.3) is 0 Å². The van der Waals surface area contributed by atoms with Gasteiger partial charge in [-0.1, -0.05) is 11.8 Å². The third-order valence-electron chi connectivity index (χ3n) is 2.88. The molecule has 5 heteroatoms. The lowest BCUT2D eigenvalue weighted by atomic mass is 10.2. The summed E-state index contributed by atoms with van der Waals surface area (Å²) in [5, 5.41) is 10.1. The van der Waals surface area contributed by atoms with Gasteiger partial charge in [-0.25, -0.2) is 9.97 Å². The van der Waals surface area contributed by atoms with E-state index in [4.69, 9.17) is 0 Å². The zero-order chi connectivity index (χ0) is 11.5. The summed E-state index contributed by atoms with van der Waals surface area (Å²) in [7, 11) is 0. The average Bonchev–Trinajstić information content (AvgIpc) is 2.76. The molecule has 88 valence electrons. The summed E-state index contributed by atoms with van der Waals surface area (Å²) in [6, 6.07) is 2.22. The summed E-state index contributed by atoms with van der Waals surface area (Å²) in [5.74, 6) is 0.952. The van der Waals surface area contributed by atoms with E-state index in [1.165, 1.54) is 0 Å². The number of aromatic nitrogens is 2. The average molecular weight is 239 g/mol. The number of hydrogen-bond donors (Lipinski definition) is 1. The van der Waals surface area contributed by atoms with Gasteiger partial charge in [-0.3, -0.25) is 0 Å². The van der Waals surface area contributed by atoms with Crippen LogP contribution in [0.15, 0.2) is 11.2 Å². The van der Waals surface area contributed by atoms with E-state index in [2.05, 4.69) is 14.9 Å². The maximum Gasteiger partial charge on any atom is 0.189 e. The lowest BCUT2D eigenvalue weighted by molar-refractivity contribution is 0.266. The number of anilines is 1. The van der Waals surface area contributed by atoms with Crippen LogP contribution in [0.1, 0.15) is 18.5 Å². The van der Waals surface area contributed by atoms with E-state index in [-0.39, 0.29) is 12.6 Å². The van der Waals surface area contributed by atoms with Crippen LogP contribution in [-0.4, -0.2) is 40.5 Å². The van der Waals surface area contributed by atoms with Crippen molar-refractivity contribution >= 4 is 17.6 Å². The van der Waals surface area contributed by atoms with E-state index in [9.17, 15) is 5.11 Å². The Morgan fingerprint density at radius 3 is 3.06 bits per heavy atom. The minimum Gasteiger partial charge on any atom is -0.394 e. The lowest BCUT2D eigenvalue weighted by Gasteiger charge is -2.24. The van der Waals surface area contributed by atoms with Gasteiger partial charge >= 0.3 is 0 Å². The molecule has 1 aliphatic heterocycles. The second-order valence-corrected chi connectivity index (χ2v) is 4.80. The van der Waals surface area contributed by atoms with Gasteiger partial charge in [0.05, 0.1) is 12.6 Å². The molecule has 1 saturated heterocycles. The van der Waals surface area contributed by atoms with Crippen LogP contribution in [-0.2, 0) is 0 Å². The number of nitrogens with zero attached hydrogens (tertiary/aromatic N) is 3. The molecule has 0 bridgehead atoms. The maximum atomic E-state index is 9.30. The van der Waals surface area contributed by atoms with Crippen molar-refractivity contribution in [3.8, 4) is 0 Å². The third-order valence-corrected chi connectivity index (χ3v) is 3.43. The number of thioether (sulfide) groups is 1. The normalized spacial score (nSPS) is 20.4. The van der Waals surface area contributed by atoms with Gasteiger partial charge in [-0.2, -0.15) is 0 Å². The molecule has 2 rings (SSSR count). The highest BCUT2D eigenvalue weighted by Gasteiger charge is 2.25. The van der Waals surface area contributed by atoms with E-state index in [0.29, 0.717) is 0 Å². The molecule has 0 radical (unpaired) electrons. The van der Waals surface area contributed by atoms with Gasteiger partial charge in [0.2, 0.25) is 0 Å². The molecule has 1 atom stereocenters. The Hall–Kier alpha value is -0.810. The Labute approximate surface area is 100 Å². The zero-order valence-corrected chi connectivity index (χ0v) is 10.5. The van der Waals surface area contributed by atoms with E-state index >= 15 is 0 Å². The van der Waals surface area contributed by atoms with Gasteiger partial charge in [0.1, 0.15) is 5.82 Å². The first-order chi connectivity index (χ1) is 7.74. The first-order valence-corrected chi connectivity index (χ1v) is 6.74. The molecule has 1 unspecified atom stereocenters. The van der Waals surface area contributed by atoms with Crippen LogP contribution in [0.2, 0.25) is 0 Å². The SMILES string of the molecule is CSc1nc(C)cc(N2CCCC2CO)n1. The van der Waals surface area contributed by atoms with E-state index < -0.39 is 0 Å². The fourth-order valence-electron chi connectivity index (χ4n) is 2.09. The van der Waals surface area contributed by atoms with Gasteiger partial charge in [0, 0.05) is 18.3 Å². The van der Waals surface area contributed by atoms with Crippen molar-refractivity contribution in [3.05, 3.63) is 11.8 Å². The van der Waals surface area contributed by atoms with E-state index in [1.54, 1.807) is 11.8 Å². The molecule has 0 aromatic carbocycles. The molecule has 0 amide bonds. The molecule has 0 aliphatic carbocycles. The molecule has 4 nitrogen and oxygen atoms in total. The minimum absolute atomic E-state index is 0.206. The highest BCUT2D eigenvalue weighted by molar-refractivity contribution is 7.98. The fraction of sp³-hybridized carbons (Fsp3) is 0.636. The first kappa shape index (κ1) is 11.7. The zero-order valence-electron chi connectivity index (χ0n) is 9.68. The number of aliphatic hydroxyl groups is 1. The van der Waals surface area contributed by atoms with Crippen LogP contribution in [0.25, 0.3) is 0 Å². The van der Waals surface area contributed by atoms with Gasteiger partial charge in [-0.15, -0.1) is 0 Å². The summed E-state index contributed by atoms with van der Waals surface area (Å²) in [6.07, 6.45) is 4.16. The molecule has 1 fully saturated rings. The molecule has 2 heterocycles. The summed E-state index contributed by atoms with van der Waals surface area (Å²) in [5.41, 5.74) is 0.984. The van der Waals surface area contributed by atoms with Crippen molar-refractivity contribution in [1.82, 2.24) is 9.97 Å². The number of hydrogen-bond acceptors (Lipinski definition) is 5. The van der Waals surface area contributed by atoms with Crippen molar-refractivity contribution in [2.75, 3.05) is 24.3 Å². The molecule has 0 spiro atoms. The second kappa shape index (κ2) is 5.01. The lowest BCUT2D eigenvalue weighted by Crippen LogP contribution is -2.32. The summed E-state index contributed by atoms with van der Waals surface area (Å²) >= 11 is 1.55. The fourth-order valence-corrected chi connectivity index (χ4v) is 2.51. The van der Waals surface area contributed by atoms with Crippen LogP contribution in [0, 0.1) is 6.92 Å². The predicted molar refractivity (Wildman–Crippen MR) is 66.0 cm³/mol. The highest BCUT2D eigenvalue weighted by Crippen LogP contribution is 2.25. The second-order valence-electron chi connectivity index (χ2n) is 4.03. The van der Waals surface area contributed by atoms with Gasteiger partial charge < -0.3 is 10.0 Å². The molecule has 16 heavy (non-hydrogen) atoms. The van der Waals surface area contributed by atoms with Gasteiger partial charge in [-0.05, 0) is 26.0 Å². The van der Waals surface area contributed by atoms with Crippen molar-refractivity contribution in [3.63, 3.8) is 0 Å². The number of aliphatic hydroxyl groups excluding tert-OH is 1. The molecule has 1 aromatic rings. The Balaban J connectivity index is 2.28. The Bertz CT molecular complexity index is 372. The van der Waals surface area contributed by atoms with Crippen LogP contribution in [0.3, 0.4) is 0 Å². The molecule has 1 aliphatic rings. The van der Waals surface area contributed by atoms with Crippen molar-refractivity contribution < 1.29 is 5.11 Å². The smallest absolute Gasteiger partial charge is 0.189 e. The molecule has 1 N–H and O–H groups in total. The minimum atomic E-state index is 0.206. The highest BCUT2D eigenvalue weighted by atomic mass is 32.2. The van der Waals surface area contributed by atoms with Crippen molar-refractivity contribution in [2.45, 2.75) is 31.0 Å². The number of rotatable bonds is 3. The van der Waals surface area contributed by atoms with Crippen LogP contribution in [0.4, 0.5) is 5.82 Å². The monoisotopic (exact) mass is 239 g/mol. The van der Waals surface area contributed by atoms with Crippen LogP contribution < -0.4 is 4.90 Å². The third kappa shape index (κ3) is 2.30. The Morgan fingerprint density at radius 1 is 1.56 bits per heavy atom. The topological polar surface area (TPSA) is 49.2 Å². The van der Waals surface area contributed by atoms with Crippen LogP contribution in [0.5, 0.6) is 0 Å². The van der Waals surface area contributed by atoms with Crippen LogP contribution >= 0.6 is 11.8 Å². The molecular weight excluding hydrogens is 222 g/mol. The first-order valence-electron chi connectivity index (χ1n) is 5.51. The van der Waals surface area contributed by atoms with E-state index in [1.807, 2.05) is 19.2 Å². The predicted octanol–water partition coefficient (Wildman–Crippen LogP) is 1.47. The quantitative estimate of drug-likeness (QED) is 0.639.